The van der Waals surface area contributed by atoms with Crippen LogP contribution in [0.5, 0.6) is 5.75 Å². The molecule has 1 aromatic carbocycles. The number of likely N-dealkylation sites (tertiary alicyclic amines) is 1. The number of piperidine rings is 1. The largest absolute Gasteiger partial charge is 0.493 e. The van der Waals surface area contributed by atoms with Gasteiger partial charge in [0.1, 0.15) is 11.4 Å². The fourth-order valence-corrected chi connectivity index (χ4v) is 2.49. The Morgan fingerprint density at radius 3 is 2.75 bits per heavy atom. The van der Waals surface area contributed by atoms with Crippen LogP contribution < -0.4 is 10.1 Å². The molecule has 20 heavy (non-hydrogen) atoms. The first-order valence-electron chi connectivity index (χ1n) is 6.57. The molecule has 0 bridgehead atoms. The van der Waals surface area contributed by atoms with Gasteiger partial charge >= 0.3 is 0 Å². The summed E-state index contributed by atoms with van der Waals surface area (Å²) < 4.78 is 32.4. The maximum atomic E-state index is 13.9. The summed E-state index contributed by atoms with van der Waals surface area (Å²) in [6.45, 7) is 1.02. The van der Waals surface area contributed by atoms with Gasteiger partial charge in [-0.3, -0.25) is 4.79 Å². The zero-order chi connectivity index (χ0) is 14.7. The first kappa shape index (κ1) is 14.7. The van der Waals surface area contributed by atoms with E-state index in [9.17, 15) is 13.6 Å². The van der Waals surface area contributed by atoms with Gasteiger partial charge < -0.3 is 15.0 Å². The van der Waals surface area contributed by atoms with Crippen LogP contribution in [0.2, 0.25) is 0 Å². The van der Waals surface area contributed by atoms with Gasteiger partial charge in [-0.2, -0.15) is 0 Å². The number of carbonyl (C=O) groups excluding carboxylic acids is 1. The number of amides is 1. The monoisotopic (exact) mass is 284 g/mol. The Kier molecular flexibility index (Phi) is 4.54. The molecule has 1 N–H and O–H groups in total. The Bertz CT molecular complexity index is 508. The second-order valence-electron chi connectivity index (χ2n) is 4.82. The molecule has 1 saturated heterocycles. The summed E-state index contributed by atoms with van der Waals surface area (Å²) in [5.74, 6) is -2.36. The Hall–Kier alpha value is -1.69. The van der Waals surface area contributed by atoms with E-state index in [1.807, 2.05) is 7.05 Å². The van der Waals surface area contributed by atoms with Crippen molar-refractivity contribution in [1.29, 1.82) is 0 Å². The molecule has 1 amide bonds. The minimum absolute atomic E-state index is 0.176. The summed E-state index contributed by atoms with van der Waals surface area (Å²) in [7, 11) is 3.04. The summed E-state index contributed by atoms with van der Waals surface area (Å²) in [4.78, 5) is 14.0. The van der Waals surface area contributed by atoms with E-state index in [0.29, 0.717) is 13.1 Å². The molecule has 1 aromatic rings. The minimum atomic E-state index is -0.764. The summed E-state index contributed by atoms with van der Waals surface area (Å²) in [5.41, 5.74) is -0.329. The maximum Gasteiger partial charge on any atom is 0.260 e. The first-order chi connectivity index (χ1) is 9.58. The lowest BCUT2D eigenvalue weighted by molar-refractivity contribution is 0.0688. The van der Waals surface area contributed by atoms with E-state index in [4.69, 9.17) is 4.74 Å². The maximum absolute atomic E-state index is 13.9. The lowest BCUT2D eigenvalue weighted by Gasteiger charge is -2.33. The number of rotatable bonds is 3. The average molecular weight is 284 g/mol. The molecular weight excluding hydrogens is 266 g/mol. The standard InChI is InChI=1S/C14H18F2N2O2/c1-17-9-4-3-7-18(8-9)14(19)12-10(15)5-6-11(16)13(12)20-2/h5-6,9,17H,3-4,7-8H2,1-2H3. The molecule has 0 aliphatic carbocycles. The van der Waals surface area contributed by atoms with Crippen LogP contribution in [0.3, 0.4) is 0 Å². The zero-order valence-corrected chi connectivity index (χ0v) is 11.6. The lowest BCUT2D eigenvalue weighted by Crippen LogP contribution is -2.47. The van der Waals surface area contributed by atoms with Crippen molar-refractivity contribution in [2.45, 2.75) is 18.9 Å². The predicted molar refractivity (Wildman–Crippen MR) is 70.9 cm³/mol. The van der Waals surface area contributed by atoms with Crippen LogP contribution in [-0.2, 0) is 0 Å². The van der Waals surface area contributed by atoms with Crippen LogP contribution in [0.4, 0.5) is 8.78 Å². The molecule has 0 aromatic heterocycles. The van der Waals surface area contributed by atoms with Crippen molar-refractivity contribution < 1.29 is 18.3 Å². The van der Waals surface area contributed by atoms with Gasteiger partial charge in [-0.05, 0) is 32.0 Å². The van der Waals surface area contributed by atoms with Crippen LogP contribution >= 0.6 is 0 Å². The van der Waals surface area contributed by atoms with Crippen molar-refractivity contribution in [2.75, 3.05) is 27.2 Å². The van der Waals surface area contributed by atoms with Crippen molar-refractivity contribution in [3.63, 3.8) is 0 Å². The van der Waals surface area contributed by atoms with E-state index in [-0.39, 0.29) is 17.4 Å². The molecule has 1 atom stereocenters. The molecule has 4 nitrogen and oxygen atoms in total. The number of hydrogen-bond donors (Lipinski definition) is 1. The third-order valence-electron chi connectivity index (χ3n) is 3.59. The number of hydrogen-bond acceptors (Lipinski definition) is 3. The second-order valence-corrected chi connectivity index (χ2v) is 4.82. The third-order valence-corrected chi connectivity index (χ3v) is 3.59. The smallest absolute Gasteiger partial charge is 0.260 e. The second kappa shape index (κ2) is 6.17. The van der Waals surface area contributed by atoms with Crippen LogP contribution in [0.15, 0.2) is 12.1 Å². The fourth-order valence-electron chi connectivity index (χ4n) is 2.49. The minimum Gasteiger partial charge on any atom is -0.493 e. The van der Waals surface area contributed by atoms with Gasteiger partial charge in [0, 0.05) is 19.1 Å². The van der Waals surface area contributed by atoms with Crippen molar-refractivity contribution in [3.8, 4) is 5.75 Å². The van der Waals surface area contributed by atoms with Crippen LogP contribution in [0.1, 0.15) is 23.2 Å². The number of likely N-dealkylation sites (N-methyl/N-ethyl adjacent to an activating group) is 1. The summed E-state index contributed by atoms with van der Waals surface area (Å²) in [5, 5.41) is 3.10. The normalized spacial score (nSPS) is 19.0. The number of nitrogens with zero attached hydrogens (tertiary/aromatic N) is 1. The highest BCUT2D eigenvalue weighted by Gasteiger charge is 2.29. The van der Waals surface area contributed by atoms with E-state index >= 15 is 0 Å². The number of halogens is 2. The molecule has 1 aliphatic heterocycles. The SMILES string of the molecule is CNC1CCCN(C(=O)c2c(F)ccc(F)c2OC)C1. The van der Waals surface area contributed by atoms with E-state index in [0.717, 1.165) is 25.0 Å². The molecule has 1 fully saturated rings. The van der Waals surface area contributed by atoms with Crippen molar-refractivity contribution in [3.05, 3.63) is 29.3 Å². The Morgan fingerprint density at radius 1 is 1.40 bits per heavy atom. The van der Waals surface area contributed by atoms with Gasteiger partial charge in [0.2, 0.25) is 0 Å². The summed E-state index contributed by atoms with van der Waals surface area (Å²) in [6, 6.07) is 2.08. The predicted octanol–water partition coefficient (Wildman–Crippen LogP) is 1.80. The van der Waals surface area contributed by atoms with Gasteiger partial charge in [-0.25, -0.2) is 8.78 Å². The topological polar surface area (TPSA) is 41.6 Å². The highest BCUT2D eigenvalue weighted by Crippen LogP contribution is 2.27. The molecule has 1 unspecified atom stereocenters. The fraction of sp³-hybridized carbons (Fsp3) is 0.500. The molecule has 1 heterocycles. The molecule has 2 rings (SSSR count). The van der Waals surface area contributed by atoms with Gasteiger partial charge in [0.05, 0.1) is 7.11 Å². The molecular formula is C14H18F2N2O2. The first-order valence-corrected chi connectivity index (χ1v) is 6.57. The van der Waals surface area contributed by atoms with Gasteiger partial charge in [0.25, 0.3) is 5.91 Å². The Labute approximate surface area is 116 Å². The van der Waals surface area contributed by atoms with Gasteiger partial charge in [-0.15, -0.1) is 0 Å². The lowest BCUT2D eigenvalue weighted by atomic mass is 10.0. The Morgan fingerprint density at radius 2 is 2.10 bits per heavy atom. The Balaban J connectivity index is 2.31. The zero-order valence-electron chi connectivity index (χ0n) is 11.6. The molecule has 0 spiro atoms. The molecule has 0 radical (unpaired) electrons. The van der Waals surface area contributed by atoms with Crippen molar-refractivity contribution >= 4 is 5.91 Å². The summed E-state index contributed by atoms with van der Waals surface area (Å²) in [6.07, 6.45) is 1.79. The van der Waals surface area contributed by atoms with Crippen LogP contribution in [0.25, 0.3) is 0 Å². The number of ether oxygens (including phenoxy) is 1. The van der Waals surface area contributed by atoms with Gasteiger partial charge in [0.15, 0.2) is 11.6 Å². The van der Waals surface area contributed by atoms with E-state index in [1.54, 1.807) is 0 Å². The quantitative estimate of drug-likeness (QED) is 0.920. The summed E-state index contributed by atoms with van der Waals surface area (Å²) >= 11 is 0. The number of methoxy groups -OCH3 is 1. The molecule has 0 saturated carbocycles. The highest BCUT2D eigenvalue weighted by atomic mass is 19.1. The molecule has 6 heteroatoms. The van der Waals surface area contributed by atoms with Gasteiger partial charge in [-0.1, -0.05) is 0 Å². The number of benzene rings is 1. The molecule has 110 valence electrons. The van der Waals surface area contributed by atoms with Crippen LogP contribution in [0, 0.1) is 11.6 Å². The van der Waals surface area contributed by atoms with Crippen molar-refractivity contribution in [2.24, 2.45) is 0 Å². The van der Waals surface area contributed by atoms with Crippen molar-refractivity contribution in [1.82, 2.24) is 10.2 Å². The average Bonchev–Trinajstić information content (AvgIpc) is 2.48. The van der Waals surface area contributed by atoms with E-state index in [1.165, 1.54) is 12.0 Å². The number of carbonyl (C=O) groups is 1. The third kappa shape index (κ3) is 2.75. The highest BCUT2D eigenvalue weighted by molar-refractivity contribution is 5.97. The van der Waals surface area contributed by atoms with Crippen LogP contribution in [-0.4, -0.2) is 44.1 Å². The molecule has 1 aliphatic rings. The number of nitrogens with one attached hydrogen (secondary N) is 1. The van der Waals surface area contributed by atoms with E-state index < -0.39 is 17.5 Å². The van der Waals surface area contributed by atoms with E-state index in [2.05, 4.69) is 5.32 Å².